The van der Waals surface area contributed by atoms with Crippen molar-refractivity contribution in [2.24, 2.45) is 11.7 Å². The number of hydrogen-bond donors (Lipinski definition) is 1. The van der Waals surface area contributed by atoms with Gasteiger partial charge in [-0.15, -0.1) is 12.4 Å². The van der Waals surface area contributed by atoms with Gasteiger partial charge in [-0.05, 0) is 31.4 Å². The summed E-state index contributed by atoms with van der Waals surface area (Å²) in [6.07, 6.45) is 1.13. The van der Waals surface area contributed by atoms with Crippen molar-refractivity contribution in [1.82, 2.24) is 4.90 Å². The summed E-state index contributed by atoms with van der Waals surface area (Å²) in [6, 6.07) is 1.90. The number of halogens is 1. The molecule has 2 N–H and O–H groups in total. The lowest BCUT2D eigenvalue weighted by Gasteiger charge is -2.16. The van der Waals surface area contributed by atoms with E-state index in [1.807, 2.05) is 12.3 Å². The molecule has 0 saturated carbocycles. The summed E-state index contributed by atoms with van der Waals surface area (Å²) in [7, 11) is 0. The molecule has 0 radical (unpaired) electrons. The molecule has 1 aromatic rings. The van der Waals surface area contributed by atoms with Crippen LogP contribution in [-0.4, -0.2) is 29.0 Å². The van der Waals surface area contributed by atoms with Crippen LogP contribution in [0, 0.1) is 16.0 Å². The van der Waals surface area contributed by atoms with Crippen LogP contribution in [0.15, 0.2) is 11.4 Å². The fourth-order valence-corrected chi connectivity index (χ4v) is 2.96. The lowest BCUT2D eigenvalue weighted by Crippen LogP contribution is -2.29. The molecule has 102 valence electrons. The zero-order valence-corrected chi connectivity index (χ0v) is 11.9. The summed E-state index contributed by atoms with van der Waals surface area (Å²) in [6.45, 7) is 4.88. The van der Waals surface area contributed by atoms with Gasteiger partial charge in [-0.1, -0.05) is 11.3 Å². The molecule has 1 fully saturated rings. The molecule has 1 aliphatic rings. The summed E-state index contributed by atoms with van der Waals surface area (Å²) >= 11 is 1.20. The maximum atomic E-state index is 10.6. The van der Waals surface area contributed by atoms with E-state index in [4.69, 9.17) is 5.73 Å². The van der Waals surface area contributed by atoms with Gasteiger partial charge >= 0.3 is 5.00 Å². The molecule has 1 aromatic heterocycles. The Labute approximate surface area is 117 Å². The van der Waals surface area contributed by atoms with E-state index >= 15 is 0 Å². The fraction of sp³-hybridized carbons (Fsp3) is 0.636. The maximum Gasteiger partial charge on any atom is 0.324 e. The molecule has 7 heteroatoms. The lowest BCUT2D eigenvalue weighted by atomic mass is 10.0. The highest BCUT2D eigenvalue weighted by molar-refractivity contribution is 7.13. The van der Waals surface area contributed by atoms with Crippen molar-refractivity contribution < 1.29 is 4.92 Å². The van der Waals surface area contributed by atoms with Crippen molar-refractivity contribution in [3.05, 3.63) is 27.1 Å². The second-order valence-electron chi connectivity index (χ2n) is 4.69. The topological polar surface area (TPSA) is 72.4 Å². The standard InChI is InChI=1S/C11H17N3O2S.ClH/c1-8(12)10-2-3-13(6-10)5-9-4-11(14(15)16)17-7-9;/h4,7-8,10H,2-3,5-6,12H2,1H3;1H. The summed E-state index contributed by atoms with van der Waals surface area (Å²) in [5, 5.41) is 12.7. The predicted octanol–water partition coefficient (Wildman–Crippen LogP) is 2.25. The highest BCUT2D eigenvalue weighted by Gasteiger charge is 2.25. The normalized spacial score (nSPS) is 21.6. The molecule has 2 heterocycles. The SMILES string of the molecule is CC(N)C1CCN(Cc2csc([N+](=O)[O-])c2)C1.Cl. The molecule has 0 bridgehead atoms. The second-order valence-corrected chi connectivity index (χ2v) is 5.58. The zero-order chi connectivity index (χ0) is 12.4. The second kappa shape index (κ2) is 6.47. The summed E-state index contributed by atoms with van der Waals surface area (Å²) in [4.78, 5) is 12.6. The quantitative estimate of drug-likeness (QED) is 0.682. The van der Waals surface area contributed by atoms with Gasteiger partial charge in [0, 0.05) is 30.6 Å². The number of rotatable bonds is 4. The minimum atomic E-state index is -0.330. The third-order valence-electron chi connectivity index (χ3n) is 3.28. The molecule has 1 saturated heterocycles. The first-order valence-electron chi connectivity index (χ1n) is 5.76. The van der Waals surface area contributed by atoms with Crippen molar-refractivity contribution in [2.45, 2.75) is 25.9 Å². The van der Waals surface area contributed by atoms with Crippen molar-refractivity contribution in [2.75, 3.05) is 13.1 Å². The predicted molar refractivity (Wildman–Crippen MR) is 75.3 cm³/mol. The van der Waals surface area contributed by atoms with Gasteiger partial charge in [0.1, 0.15) is 0 Å². The van der Waals surface area contributed by atoms with Crippen LogP contribution < -0.4 is 5.73 Å². The lowest BCUT2D eigenvalue weighted by molar-refractivity contribution is -0.380. The van der Waals surface area contributed by atoms with E-state index in [2.05, 4.69) is 4.90 Å². The molecule has 0 aromatic carbocycles. The number of nitro groups is 1. The van der Waals surface area contributed by atoms with Crippen LogP contribution >= 0.6 is 23.7 Å². The molecule has 0 aliphatic carbocycles. The molecule has 2 unspecified atom stereocenters. The van der Waals surface area contributed by atoms with Gasteiger partial charge in [-0.25, -0.2) is 0 Å². The van der Waals surface area contributed by atoms with Gasteiger partial charge in [0.25, 0.3) is 0 Å². The Morgan fingerprint density at radius 2 is 2.44 bits per heavy atom. The van der Waals surface area contributed by atoms with Crippen LogP contribution in [0.5, 0.6) is 0 Å². The highest BCUT2D eigenvalue weighted by Crippen LogP contribution is 2.26. The van der Waals surface area contributed by atoms with Gasteiger partial charge in [-0.3, -0.25) is 15.0 Å². The van der Waals surface area contributed by atoms with Crippen molar-refractivity contribution in [3.8, 4) is 0 Å². The molecule has 2 atom stereocenters. The average molecular weight is 292 g/mol. The van der Waals surface area contributed by atoms with E-state index in [1.54, 1.807) is 6.07 Å². The van der Waals surface area contributed by atoms with E-state index in [-0.39, 0.29) is 28.4 Å². The van der Waals surface area contributed by atoms with Crippen LogP contribution in [0.3, 0.4) is 0 Å². The number of thiophene rings is 1. The Kier molecular flexibility index (Phi) is 5.52. The molecule has 18 heavy (non-hydrogen) atoms. The van der Waals surface area contributed by atoms with Crippen LogP contribution in [0.4, 0.5) is 5.00 Å². The Bertz CT molecular complexity index is 411. The van der Waals surface area contributed by atoms with Crippen LogP contribution in [0.1, 0.15) is 18.9 Å². The molecular weight excluding hydrogens is 274 g/mol. The van der Waals surface area contributed by atoms with Gasteiger partial charge in [0.2, 0.25) is 0 Å². The largest absolute Gasteiger partial charge is 0.328 e. The smallest absolute Gasteiger partial charge is 0.324 e. The van der Waals surface area contributed by atoms with Gasteiger partial charge < -0.3 is 5.73 Å². The summed E-state index contributed by atoms with van der Waals surface area (Å²) < 4.78 is 0. The molecular formula is C11H18ClN3O2S. The first-order chi connectivity index (χ1) is 8.06. The third kappa shape index (κ3) is 3.65. The summed E-state index contributed by atoms with van der Waals surface area (Å²) in [5.41, 5.74) is 6.92. The molecule has 0 amide bonds. The van der Waals surface area contributed by atoms with Crippen LogP contribution in [0.25, 0.3) is 0 Å². The number of likely N-dealkylation sites (tertiary alicyclic amines) is 1. The Morgan fingerprint density at radius 3 is 2.94 bits per heavy atom. The van der Waals surface area contributed by atoms with Crippen LogP contribution in [-0.2, 0) is 6.54 Å². The minimum absolute atomic E-state index is 0. The van der Waals surface area contributed by atoms with Crippen molar-refractivity contribution >= 4 is 28.7 Å². The van der Waals surface area contributed by atoms with E-state index in [1.165, 1.54) is 11.3 Å². The summed E-state index contributed by atoms with van der Waals surface area (Å²) in [5.74, 6) is 0.559. The number of nitrogens with zero attached hydrogens (tertiary/aromatic N) is 2. The van der Waals surface area contributed by atoms with E-state index in [0.29, 0.717) is 5.92 Å². The first-order valence-corrected chi connectivity index (χ1v) is 6.64. The molecule has 0 spiro atoms. The van der Waals surface area contributed by atoms with Gasteiger partial charge in [-0.2, -0.15) is 0 Å². The van der Waals surface area contributed by atoms with E-state index < -0.39 is 0 Å². The maximum absolute atomic E-state index is 10.6. The molecule has 1 aliphatic heterocycles. The van der Waals surface area contributed by atoms with Crippen LogP contribution in [0.2, 0.25) is 0 Å². The molecule has 2 rings (SSSR count). The van der Waals surface area contributed by atoms with Crippen molar-refractivity contribution in [3.63, 3.8) is 0 Å². The van der Waals surface area contributed by atoms with E-state index in [9.17, 15) is 10.1 Å². The Morgan fingerprint density at radius 1 is 1.72 bits per heavy atom. The minimum Gasteiger partial charge on any atom is -0.328 e. The fourth-order valence-electron chi connectivity index (χ4n) is 2.23. The molecule has 5 nitrogen and oxygen atoms in total. The van der Waals surface area contributed by atoms with E-state index in [0.717, 1.165) is 31.6 Å². The highest BCUT2D eigenvalue weighted by atomic mass is 35.5. The van der Waals surface area contributed by atoms with Crippen molar-refractivity contribution in [1.29, 1.82) is 0 Å². The third-order valence-corrected chi connectivity index (χ3v) is 4.21. The first kappa shape index (κ1) is 15.4. The number of hydrogen-bond acceptors (Lipinski definition) is 5. The van der Waals surface area contributed by atoms with Gasteiger partial charge in [0.05, 0.1) is 4.92 Å². The van der Waals surface area contributed by atoms with Gasteiger partial charge in [0.15, 0.2) is 0 Å². The Hall–Kier alpha value is -0.690. The number of nitrogens with two attached hydrogens (primary N) is 1. The zero-order valence-electron chi connectivity index (χ0n) is 10.2. The average Bonchev–Trinajstić information content (AvgIpc) is 2.87. The monoisotopic (exact) mass is 291 g/mol. The Balaban J connectivity index is 0.00000162.